The lowest BCUT2D eigenvalue weighted by atomic mass is 10.2. The van der Waals surface area contributed by atoms with Crippen LogP contribution in [0.5, 0.6) is 0 Å². The fourth-order valence-electron chi connectivity index (χ4n) is 4.10. The Morgan fingerprint density at radius 3 is 2.37 bits per heavy atom. The second-order valence-corrected chi connectivity index (χ2v) is 12.5. The van der Waals surface area contributed by atoms with E-state index >= 15 is 0 Å². The molecule has 2 aromatic rings. The van der Waals surface area contributed by atoms with Crippen molar-refractivity contribution in [1.29, 1.82) is 0 Å². The molecule has 2 aliphatic heterocycles. The lowest BCUT2D eigenvalue weighted by Gasteiger charge is -2.27. The number of morpholine rings is 1. The number of carbonyl (C=O) groups excluding carboxylic acids is 1. The quantitative estimate of drug-likeness (QED) is 0.539. The van der Waals surface area contributed by atoms with Gasteiger partial charge in [-0.05, 0) is 24.6 Å². The van der Waals surface area contributed by atoms with E-state index in [2.05, 4.69) is 10.2 Å². The monoisotopic (exact) mass is 522 g/mol. The Morgan fingerprint density at radius 2 is 1.71 bits per heavy atom. The predicted molar refractivity (Wildman–Crippen MR) is 130 cm³/mol. The van der Waals surface area contributed by atoms with E-state index in [4.69, 9.17) is 4.74 Å². The predicted octanol–water partition coefficient (Wildman–Crippen LogP) is 0.563. The first-order valence-electron chi connectivity index (χ1n) is 11.4. The molecule has 1 N–H and O–H groups in total. The molecule has 4 rings (SSSR count). The molecule has 2 heterocycles. The van der Waals surface area contributed by atoms with Crippen molar-refractivity contribution in [2.75, 3.05) is 45.9 Å². The number of sulfonamides is 1. The standard InChI is InChI=1S/C23H30N4O6S2/c1-19-7-9-21(10-8-19)34(29,30)27-18-22(23(28)24-11-12-25-13-15-33-16-14-25)26(35(27,31)32)17-20-5-3-2-4-6-20/h2-10,22H,11-18H2,1H3,(H,24,28). The molecular formula is C23H30N4O6S2. The van der Waals surface area contributed by atoms with E-state index in [-0.39, 0.29) is 11.4 Å². The molecule has 12 heteroatoms. The number of amides is 1. The third kappa shape index (κ3) is 5.74. The number of nitrogens with zero attached hydrogens (tertiary/aromatic N) is 3. The molecule has 2 aromatic carbocycles. The summed E-state index contributed by atoms with van der Waals surface area (Å²) < 4.78 is 60.4. The third-order valence-corrected chi connectivity index (χ3v) is 10.5. The molecule has 0 radical (unpaired) electrons. The van der Waals surface area contributed by atoms with Gasteiger partial charge in [0.15, 0.2) is 0 Å². The highest BCUT2D eigenvalue weighted by atomic mass is 32.3. The van der Waals surface area contributed by atoms with Crippen LogP contribution in [0, 0.1) is 6.92 Å². The molecule has 2 fully saturated rings. The van der Waals surface area contributed by atoms with Gasteiger partial charge in [-0.2, -0.15) is 12.7 Å². The summed E-state index contributed by atoms with van der Waals surface area (Å²) in [6.07, 6.45) is 0. The second kappa shape index (κ2) is 10.7. The number of nitrogens with one attached hydrogen (secondary N) is 1. The van der Waals surface area contributed by atoms with E-state index < -0.39 is 38.7 Å². The smallest absolute Gasteiger partial charge is 0.296 e. The number of hydrogen-bond donors (Lipinski definition) is 1. The first kappa shape index (κ1) is 25.7. The number of ether oxygens (including phenoxy) is 1. The van der Waals surface area contributed by atoms with Crippen LogP contribution in [0.1, 0.15) is 11.1 Å². The van der Waals surface area contributed by atoms with Crippen molar-refractivity contribution in [2.45, 2.75) is 24.4 Å². The van der Waals surface area contributed by atoms with Crippen molar-refractivity contribution in [1.82, 2.24) is 18.2 Å². The maximum atomic E-state index is 13.5. The molecule has 1 unspecified atom stereocenters. The van der Waals surface area contributed by atoms with Crippen LogP contribution in [0.3, 0.4) is 0 Å². The molecule has 0 saturated carbocycles. The van der Waals surface area contributed by atoms with Crippen molar-refractivity contribution in [2.24, 2.45) is 0 Å². The van der Waals surface area contributed by atoms with Crippen LogP contribution < -0.4 is 5.32 Å². The third-order valence-electron chi connectivity index (χ3n) is 6.13. The summed E-state index contributed by atoms with van der Waals surface area (Å²) in [5, 5.41) is 2.80. The maximum Gasteiger partial charge on any atom is 0.296 e. The fourth-order valence-corrected chi connectivity index (χ4v) is 8.02. The highest BCUT2D eigenvalue weighted by Crippen LogP contribution is 2.31. The van der Waals surface area contributed by atoms with Gasteiger partial charge < -0.3 is 10.1 Å². The van der Waals surface area contributed by atoms with E-state index in [1.54, 1.807) is 42.5 Å². The van der Waals surface area contributed by atoms with Gasteiger partial charge in [-0.15, -0.1) is 0 Å². The minimum Gasteiger partial charge on any atom is -0.379 e. The first-order chi connectivity index (χ1) is 16.7. The molecule has 2 aliphatic rings. The Balaban J connectivity index is 1.57. The highest BCUT2D eigenvalue weighted by molar-refractivity contribution is 8.03. The zero-order valence-electron chi connectivity index (χ0n) is 19.5. The topological polar surface area (TPSA) is 116 Å². The molecule has 0 aliphatic carbocycles. The SMILES string of the molecule is Cc1ccc(S(=O)(=O)N2CC(C(=O)NCCN3CCOCC3)N(Cc3ccccc3)S2(=O)=O)cc1. The molecule has 1 atom stereocenters. The molecule has 0 spiro atoms. The van der Waals surface area contributed by atoms with Crippen molar-refractivity contribution >= 4 is 26.1 Å². The summed E-state index contributed by atoms with van der Waals surface area (Å²) in [6, 6.07) is 13.6. The summed E-state index contributed by atoms with van der Waals surface area (Å²) >= 11 is 0. The molecule has 2 saturated heterocycles. The van der Waals surface area contributed by atoms with Gasteiger partial charge in [0.05, 0.1) is 24.7 Å². The Morgan fingerprint density at radius 1 is 1.06 bits per heavy atom. The summed E-state index contributed by atoms with van der Waals surface area (Å²) in [4.78, 5) is 15.2. The van der Waals surface area contributed by atoms with E-state index in [1.807, 2.05) is 6.92 Å². The summed E-state index contributed by atoms with van der Waals surface area (Å²) in [7, 11) is -8.88. The van der Waals surface area contributed by atoms with Crippen LogP contribution in [-0.4, -0.2) is 87.6 Å². The van der Waals surface area contributed by atoms with Gasteiger partial charge in [0, 0.05) is 32.7 Å². The molecule has 10 nitrogen and oxygen atoms in total. The van der Waals surface area contributed by atoms with Gasteiger partial charge in [-0.3, -0.25) is 9.69 Å². The Kier molecular flexibility index (Phi) is 7.89. The largest absolute Gasteiger partial charge is 0.379 e. The number of benzene rings is 2. The van der Waals surface area contributed by atoms with E-state index in [0.717, 1.165) is 23.0 Å². The van der Waals surface area contributed by atoms with Crippen LogP contribution in [-0.2, 0) is 36.3 Å². The highest BCUT2D eigenvalue weighted by Gasteiger charge is 2.52. The first-order valence-corrected chi connectivity index (χ1v) is 14.3. The average molecular weight is 523 g/mol. The number of aryl methyl sites for hydroxylation is 1. The van der Waals surface area contributed by atoms with Gasteiger partial charge in [-0.25, -0.2) is 8.42 Å². The van der Waals surface area contributed by atoms with E-state index in [9.17, 15) is 21.6 Å². The molecule has 0 aromatic heterocycles. The maximum absolute atomic E-state index is 13.5. The van der Waals surface area contributed by atoms with Gasteiger partial charge in [0.25, 0.3) is 20.2 Å². The normalized spacial score (nSPS) is 21.7. The summed E-state index contributed by atoms with van der Waals surface area (Å²) in [5.41, 5.74) is 1.49. The second-order valence-electron chi connectivity index (χ2n) is 8.57. The van der Waals surface area contributed by atoms with Crippen LogP contribution in [0.25, 0.3) is 0 Å². The molecule has 1 amide bonds. The lowest BCUT2D eigenvalue weighted by Crippen LogP contribution is -2.48. The minimum absolute atomic E-state index is 0.120. The van der Waals surface area contributed by atoms with Gasteiger partial charge >= 0.3 is 0 Å². The van der Waals surface area contributed by atoms with Crippen molar-refractivity contribution in [3.05, 3.63) is 65.7 Å². The van der Waals surface area contributed by atoms with Crippen LogP contribution in [0.15, 0.2) is 59.5 Å². The van der Waals surface area contributed by atoms with Crippen LogP contribution >= 0.6 is 0 Å². The van der Waals surface area contributed by atoms with Crippen molar-refractivity contribution in [3.8, 4) is 0 Å². The summed E-state index contributed by atoms with van der Waals surface area (Å²) in [5.74, 6) is -0.528. The zero-order valence-corrected chi connectivity index (χ0v) is 21.2. The Bertz CT molecular complexity index is 1230. The molecule has 35 heavy (non-hydrogen) atoms. The number of carbonyl (C=O) groups is 1. The fraction of sp³-hybridized carbons (Fsp3) is 0.435. The number of hydrogen-bond acceptors (Lipinski definition) is 7. The van der Waals surface area contributed by atoms with E-state index in [0.29, 0.717) is 35.6 Å². The molecule has 0 bridgehead atoms. The van der Waals surface area contributed by atoms with Gasteiger partial charge in [-0.1, -0.05) is 51.7 Å². The zero-order chi connectivity index (χ0) is 25.1. The van der Waals surface area contributed by atoms with Crippen molar-refractivity contribution in [3.63, 3.8) is 0 Å². The van der Waals surface area contributed by atoms with Crippen LogP contribution in [0.2, 0.25) is 0 Å². The van der Waals surface area contributed by atoms with Crippen LogP contribution in [0.4, 0.5) is 0 Å². The Labute approximate surface area is 206 Å². The van der Waals surface area contributed by atoms with Crippen molar-refractivity contribution < 1.29 is 26.4 Å². The number of rotatable bonds is 8. The molecule has 190 valence electrons. The average Bonchev–Trinajstić information content (AvgIpc) is 3.11. The summed E-state index contributed by atoms with van der Waals surface area (Å²) in [6.45, 7) is 4.89. The van der Waals surface area contributed by atoms with E-state index in [1.165, 1.54) is 12.1 Å². The molecular weight excluding hydrogens is 492 g/mol. The minimum atomic E-state index is -4.49. The Hall–Kier alpha value is -2.35. The van der Waals surface area contributed by atoms with Gasteiger partial charge in [0.2, 0.25) is 5.91 Å². The van der Waals surface area contributed by atoms with Gasteiger partial charge in [0.1, 0.15) is 6.04 Å². The lowest BCUT2D eigenvalue weighted by molar-refractivity contribution is -0.124.